The smallest absolute Gasteiger partial charge is 0.361 e. The zero-order chi connectivity index (χ0) is 56.2. The first-order valence-corrected chi connectivity index (χ1v) is 33.5. The molecule has 454 valence electrons. The van der Waals surface area contributed by atoms with Crippen molar-refractivity contribution in [3.05, 3.63) is 24.3 Å². The lowest BCUT2D eigenvalue weighted by atomic mass is 10.0. The normalized spacial score (nSPS) is 12.8. The number of carbonyl (C=O) groups excluding carboxylic acids is 2. The first-order valence-electron chi connectivity index (χ1n) is 33.5. The average molecular weight is 1090 g/mol. The van der Waals surface area contributed by atoms with Gasteiger partial charge in [0.05, 0.1) is 34.4 Å². The van der Waals surface area contributed by atoms with E-state index in [-0.39, 0.29) is 38.2 Å². The Hall–Kier alpha value is -2.23. The number of aliphatic carboxylic acids is 1. The van der Waals surface area contributed by atoms with E-state index in [0.29, 0.717) is 17.4 Å². The Morgan fingerprint density at radius 2 is 0.701 bits per heavy atom. The van der Waals surface area contributed by atoms with Crippen LogP contribution in [0, 0.1) is 0 Å². The van der Waals surface area contributed by atoms with E-state index in [9.17, 15) is 19.5 Å². The Morgan fingerprint density at radius 1 is 0.390 bits per heavy atom. The number of hydrogen-bond acceptors (Lipinski definition) is 7. The zero-order valence-corrected chi connectivity index (χ0v) is 51.9. The van der Waals surface area contributed by atoms with Crippen LogP contribution < -0.4 is 0 Å². The van der Waals surface area contributed by atoms with Gasteiger partial charge in [0.2, 0.25) is 0 Å². The quantitative estimate of drug-likeness (QED) is 0.0211. The van der Waals surface area contributed by atoms with Gasteiger partial charge in [-0.1, -0.05) is 301 Å². The van der Waals surface area contributed by atoms with E-state index in [4.69, 9.17) is 18.9 Å². The summed E-state index contributed by atoms with van der Waals surface area (Å²) in [5, 5.41) is 9.73. The molecule has 1 N–H and O–H groups in total. The van der Waals surface area contributed by atoms with Crippen molar-refractivity contribution < 1.29 is 42.9 Å². The van der Waals surface area contributed by atoms with Crippen LogP contribution >= 0.6 is 0 Å². The maximum absolute atomic E-state index is 12.9. The predicted octanol–water partition coefficient (Wildman–Crippen LogP) is 20.2. The molecule has 0 saturated heterocycles. The lowest BCUT2D eigenvalue weighted by Gasteiger charge is -2.25. The van der Waals surface area contributed by atoms with Crippen LogP contribution in [0.2, 0.25) is 0 Å². The summed E-state index contributed by atoms with van der Waals surface area (Å²) in [7, 11) is 5.99. The van der Waals surface area contributed by atoms with Gasteiger partial charge in [0.15, 0.2) is 6.10 Å². The highest BCUT2D eigenvalue weighted by Gasteiger charge is 2.25. The molecule has 0 spiro atoms. The number of likely N-dealkylation sites (N-methyl/N-ethyl adjacent to an activating group) is 1. The van der Waals surface area contributed by atoms with Crippen molar-refractivity contribution in [3.63, 3.8) is 0 Å². The summed E-state index contributed by atoms with van der Waals surface area (Å²) < 4.78 is 23.0. The molecule has 2 atom stereocenters. The highest BCUT2D eigenvalue weighted by atomic mass is 16.7. The molecule has 0 aromatic rings. The molecule has 9 nitrogen and oxygen atoms in total. The minimum Gasteiger partial charge on any atom is -0.477 e. The van der Waals surface area contributed by atoms with Crippen LogP contribution in [0.25, 0.3) is 0 Å². The van der Waals surface area contributed by atoms with E-state index in [1.54, 1.807) is 0 Å². The number of quaternary nitrogens is 1. The van der Waals surface area contributed by atoms with Gasteiger partial charge < -0.3 is 28.5 Å². The Labute approximate surface area is 478 Å². The predicted molar refractivity (Wildman–Crippen MR) is 328 cm³/mol. The minimum absolute atomic E-state index is 0.175. The zero-order valence-electron chi connectivity index (χ0n) is 51.9. The van der Waals surface area contributed by atoms with Crippen molar-refractivity contribution in [3.8, 4) is 0 Å². The molecule has 2 unspecified atom stereocenters. The van der Waals surface area contributed by atoms with Gasteiger partial charge in [-0.15, -0.1) is 0 Å². The van der Waals surface area contributed by atoms with Gasteiger partial charge in [0, 0.05) is 12.8 Å². The van der Waals surface area contributed by atoms with Gasteiger partial charge in [-0.3, -0.25) is 9.59 Å². The lowest BCUT2D eigenvalue weighted by Crippen LogP contribution is -2.40. The molecule has 0 radical (unpaired) electrons. The van der Waals surface area contributed by atoms with Gasteiger partial charge in [0.25, 0.3) is 6.29 Å². The third-order valence-corrected chi connectivity index (χ3v) is 15.2. The molecule has 0 saturated carbocycles. The minimum atomic E-state index is -1.51. The van der Waals surface area contributed by atoms with Crippen LogP contribution in [0.3, 0.4) is 0 Å². The van der Waals surface area contributed by atoms with Crippen molar-refractivity contribution >= 4 is 17.9 Å². The van der Waals surface area contributed by atoms with Crippen molar-refractivity contribution in [1.29, 1.82) is 0 Å². The number of rotatable bonds is 63. The number of esters is 2. The third-order valence-electron chi connectivity index (χ3n) is 15.2. The molecule has 0 aromatic heterocycles. The molecule has 0 amide bonds. The Balaban J connectivity index is 4.10. The highest BCUT2D eigenvalue weighted by molar-refractivity contribution is 5.71. The molecule has 0 bridgehead atoms. The van der Waals surface area contributed by atoms with Gasteiger partial charge in [-0.05, 0) is 44.9 Å². The summed E-state index contributed by atoms with van der Waals surface area (Å²) in [6.45, 7) is 4.94. The van der Waals surface area contributed by atoms with E-state index >= 15 is 0 Å². The third kappa shape index (κ3) is 61.2. The topological polar surface area (TPSA) is 108 Å². The van der Waals surface area contributed by atoms with Crippen LogP contribution in [-0.2, 0) is 33.3 Å². The molecule has 0 aliphatic carbocycles. The number of carboxylic acid groups (broad SMARTS) is 1. The molecule has 9 heteroatoms. The lowest BCUT2D eigenvalue weighted by molar-refractivity contribution is -0.870. The molecule has 0 fully saturated rings. The van der Waals surface area contributed by atoms with Crippen LogP contribution in [-0.4, -0.2) is 87.4 Å². The number of unbranched alkanes of at least 4 members (excludes halogenated alkanes) is 44. The van der Waals surface area contributed by atoms with Crippen LogP contribution in [0.4, 0.5) is 0 Å². The van der Waals surface area contributed by atoms with Crippen LogP contribution in [0.5, 0.6) is 0 Å². The Kier molecular flexibility index (Phi) is 58.1. The fraction of sp³-hybridized carbons (Fsp3) is 0.897. The summed E-state index contributed by atoms with van der Waals surface area (Å²) in [5.74, 6) is -1.98. The van der Waals surface area contributed by atoms with Crippen molar-refractivity contribution in [2.75, 3.05) is 47.5 Å². The monoisotopic (exact) mass is 1090 g/mol. The van der Waals surface area contributed by atoms with Gasteiger partial charge in [0.1, 0.15) is 13.2 Å². The maximum atomic E-state index is 12.9. The fourth-order valence-corrected chi connectivity index (χ4v) is 10.0. The second kappa shape index (κ2) is 59.9. The van der Waals surface area contributed by atoms with E-state index in [2.05, 4.69) is 38.2 Å². The molecule has 0 heterocycles. The SMILES string of the molecule is CCCCCCC/C=C\C/C=C\CCCCCCCCCCCCCCCCCCCC(=O)OC(COC(=O)CCCCCCCCCCCCCCCCCCCCCCCCC)COC(OCC[N+](C)(C)C)C(=O)O. The Bertz CT molecular complexity index is 1310. The molecule has 0 aliphatic heterocycles. The van der Waals surface area contributed by atoms with Gasteiger partial charge in [-0.2, -0.15) is 0 Å². The van der Waals surface area contributed by atoms with Crippen molar-refractivity contribution in [2.24, 2.45) is 0 Å². The summed E-state index contributed by atoms with van der Waals surface area (Å²) in [4.78, 5) is 37.6. The molecular formula is C68H130NO8+. The molecule has 0 rings (SSSR count). The number of nitrogens with zero attached hydrogens (tertiary/aromatic N) is 1. The highest BCUT2D eigenvalue weighted by Crippen LogP contribution is 2.18. The van der Waals surface area contributed by atoms with E-state index in [1.165, 1.54) is 263 Å². The standard InChI is InChI=1S/C68H129NO8/c1-6-8-10-12-14-16-18-20-22-24-26-28-30-31-32-33-34-35-37-39-41-43-45-47-49-51-53-55-57-59-66(71)77-64(63-76-68(67(72)73)74-61-60-69(3,4)5)62-75-65(70)58-56-54-52-50-48-46-44-42-40-38-36-29-27-25-23-21-19-17-15-13-11-9-7-2/h18,20,24,26,64,68H,6-17,19,21-23,25,27-63H2,1-5H3/p+1/b20-18-,26-24-. The first kappa shape index (κ1) is 74.8. The summed E-state index contributed by atoms with van der Waals surface area (Å²) in [5.41, 5.74) is 0. The van der Waals surface area contributed by atoms with Crippen molar-refractivity contribution in [2.45, 2.75) is 347 Å². The summed E-state index contributed by atoms with van der Waals surface area (Å²) in [6.07, 6.45) is 69.9. The number of carbonyl (C=O) groups is 3. The summed E-state index contributed by atoms with van der Waals surface area (Å²) >= 11 is 0. The number of allylic oxidation sites excluding steroid dienone is 4. The number of ether oxygens (including phenoxy) is 4. The maximum Gasteiger partial charge on any atom is 0.361 e. The van der Waals surface area contributed by atoms with Gasteiger partial charge >= 0.3 is 17.9 Å². The first-order chi connectivity index (χ1) is 37.6. The molecule has 0 aliphatic rings. The van der Waals surface area contributed by atoms with Crippen LogP contribution in [0.15, 0.2) is 24.3 Å². The molecular weight excluding hydrogens is 959 g/mol. The molecule has 77 heavy (non-hydrogen) atoms. The second-order valence-electron chi connectivity index (χ2n) is 24.1. The average Bonchev–Trinajstić information content (AvgIpc) is 3.40. The van der Waals surface area contributed by atoms with Gasteiger partial charge in [-0.25, -0.2) is 4.79 Å². The summed E-state index contributed by atoms with van der Waals surface area (Å²) in [6, 6.07) is 0. The molecule has 0 aromatic carbocycles. The Morgan fingerprint density at radius 3 is 1.03 bits per heavy atom. The largest absolute Gasteiger partial charge is 0.477 e. The van der Waals surface area contributed by atoms with E-state index < -0.39 is 18.4 Å². The fourth-order valence-electron chi connectivity index (χ4n) is 10.0. The van der Waals surface area contributed by atoms with Crippen LogP contribution in [0.1, 0.15) is 335 Å². The van der Waals surface area contributed by atoms with Crippen molar-refractivity contribution in [1.82, 2.24) is 0 Å². The van der Waals surface area contributed by atoms with E-state index in [0.717, 1.165) is 44.9 Å². The van der Waals surface area contributed by atoms with E-state index in [1.807, 2.05) is 21.1 Å². The number of hydrogen-bond donors (Lipinski definition) is 1. The second-order valence-corrected chi connectivity index (χ2v) is 24.1. The number of carboxylic acids is 1.